The predicted octanol–water partition coefficient (Wildman–Crippen LogP) is 6.25. The zero-order valence-corrected chi connectivity index (χ0v) is 17.7. The Balaban J connectivity index is 1.56. The van der Waals surface area contributed by atoms with Crippen molar-refractivity contribution in [2.45, 2.75) is 31.8 Å². The van der Waals surface area contributed by atoms with E-state index in [1.54, 1.807) is 0 Å². The van der Waals surface area contributed by atoms with Crippen molar-refractivity contribution < 1.29 is 9.21 Å². The summed E-state index contributed by atoms with van der Waals surface area (Å²) in [6.45, 7) is 1.89. The first-order valence-corrected chi connectivity index (χ1v) is 11.1. The number of thiophene rings is 1. The Morgan fingerprint density at radius 2 is 1.93 bits per heavy atom. The lowest BCUT2D eigenvalue weighted by molar-refractivity contribution is 0.0935. The van der Waals surface area contributed by atoms with Crippen molar-refractivity contribution in [2.75, 3.05) is 5.32 Å². The van der Waals surface area contributed by atoms with Crippen LogP contribution in [0.1, 0.15) is 51.8 Å². The molecular weight excluding hydrogens is 418 g/mol. The number of hydrogen-bond donors (Lipinski definition) is 2. The van der Waals surface area contributed by atoms with Crippen LogP contribution in [0.15, 0.2) is 46.9 Å². The summed E-state index contributed by atoms with van der Waals surface area (Å²) in [4.78, 5) is 19.4. The molecule has 1 unspecified atom stereocenters. The van der Waals surface area contributed by atoms with Crippen molar-refractivity contribution in [3.05, 3.63) is 69.6 Å². The van der Waals surface area contributed by atoms with E-state index in [0.29, 0.717) is 21.6 Å². The molecule has 1 aliphatic carbocycles. The molecule has 150 valence electrons. The number of benzene rings is 1. The van der Waals surface area contributed by atoms with Gasteiger partial charge in [-0.05, 0) is 61.2 Å². The maximum atomic E-state index is 12.9. The molecule has 2 N–H and O–H groups in total. The molecule has 1 amide bonds. The number of rotatable bonds is 3. The van der Waals surface area contributed by atoms with E-state index in [2.05, 4.69) is 16.7 Å². The van der Waals surface area contributed by atoms with Gasteiger partial charge in [-0.15, -0.1) is 11.3 Å². The van der Waals surface area contributed by atoms with E-state index in [1.165, 1.54) is 24.2 Å². The Hall–Kier alpha value is -2.83. The summed E-state index contributed by atoms with van der Waals surface area (Å²) < 4.78 is 5.76. The van der Waals surface area contributed by atoms with Crippen molar-refractivity contribution in [1.29, 1.82) is 0 Å². The summed E-state index contributed by atoms with van der Waals surface area (Å²) >= 11 is 7.56. The number of carbonyl (C=O) groups is 1. The fourth-order valence-corrected chi connectivity index (χ4v) is 5.19. The number of nitrogens with zero attached hydrogens (tertiary/aromatic N) is 1. The number of aromatic nitrogens is 1. The van der Waals surface area contributed by atoms with Gasteiger partial charge in [0.2, 0.25) is 0 Å². The minimum absolute atomic E-state index is 0.110. The first-order valence-electron chi connectivity index (χ1n) is 9.94. The second kappa shape index (κ2) is 6.59. The summed E-state index contributed by atoms with van der Waals surface area (Å²) in [5.74, 6) is 1.89. The quantitative estimate of drug-likeness (QED) is 0.399. The fraction of sp³-hybridized carbons (Fsp3) is 0.217. The molecule has 30 heavy (non-hydrogen) atoms. The Kier molecular flexibility index (Phi) is 3.95. The van der Waals surface area contributed by atoms with Gasteiger partial charge in [-0.3, -0.25) is 4.79 Å². The molecule has 1 saturated carbocycles. The highest BCUT2D eigenvalue weighted by molar-refractivity contribution is 7.21. The van der Waals surface area contributed by atoms with Crippen LogP contribution in [0.3, 0.4) is 0 Å². The Bertz CT molecular complexity index is 1300. The van der Waals surface area contributed by atoms with Crippen LogP contribution in [0.2, 0.25) is 5.02 Å². The van der Waals surface area contributed by atoms with E-state index in [-0.39, 0.29) is 5.91 Å². The zero-order chi connectivity index (χ0) is 20.4. The van der Waals surface area contributed by atoms with Crippen LogP contribution in [0, 0.1) is 6.92 Å². The lowest BCUT2D eigenvalue weighted by Crippen LogP contribution is -2.37. The van der Waals surface area contributed by atoms with Crippen LogP contribution in [-0.4, -0.2) is 10.9 Å². The molecule has 2 aliphatic rings. The molecule has 6 rings (SSSR count). The molecular formula is C23H18ClN3O2S. The minimum Gasteiger partial charge on any atom is -0.462 e. The first kappa shape index (κ1) is 18.0. The van der Waals surface area contributed by atoms with Gasteiger partial charge in [-0.25, -0.2) is 4.98 Å². The SMILES string of the molecule is Cc1ccc(C2NC(=O)c3sc4nc(C5CC5)cc(-c5ccc(Cl)cc5)c4c3N2)o1. The van der Waals surface area contributed by atoms with Crippen LogP contribution >= 0.6 is 22.9 Å². The topological polar surface area (TPSA) is 67.2 Å². The van der Waals surface area contributed by atoms with E-state index in [0.717, 1.165) is 38.5 Å². The lowest BCUT2D eigenvalue weighted by atomic mass is 9.99. The molecule has 0 radical (unpaired) electrons. The van der Waals surface area contributed by atoms with Crippen molar-refractivity contribution in [3.63, 3.8) is 0 Å². The average Bonchev–Trinajstić information content (AvgIpc) is 3.39. The van der Waals surface area contributed by atoms with Crippen molar-refractivity contribution in [2.24, 2.45) is 0 Å². The average molecular weight is 436 g/mol. The van der Waals surface area contributed by atoms with Gasteiger partial charge < -0.3 is 15.1 Å². The van der Waals surface area contributed by atoms with Gasteiger partial charge in [0.05, 0.1) is 5.69 Å². The summed E-state index contributed by atoms with van der Waals surface area (Å²) in [5.41, 5.74) is 4.06. The first-order chi connectivity index (χ1) is 14.6. The highest BCUT2D eigenvalue weighted by Gasteiger charge is 2.33. The van der Waals surface area contributed by atoms with Gasteiger partial charge in [0.1, 0.15) is 21.2 Å². The van der Waals surface area contributed by atoms with Gasteiger partial charge in [-0.2, -0.15) is 0 Å². The minimum atomic E-state index is -0.419. The fourth-order valence-electron chi connectivity index (χ4n) is 3.99. The number of carbonyl (C=O) groups excluding carboxylic acids is 1. The molecule has 7 heteroatoms. The van der Waals surface area contributed by atoms with Crippen LogP contribution in [-0.2, 0) is 0 Å². The molecule has 0 spiro atoms. The molecule has 0 saturated heterocycles. The third kappa shape index (κ3) is 2.90. The van der Waals surface area contributed by atoms with E-state index >= 15 is 0 Å². The zero-order valence-electron chi connectivity index (χ0n) is 16.2. The third-order valence-corrected chi connectivity index (χ3v) is 6.98. The largest absolute Gasteiger partial charge is 0.462 e. The van der Waals surface area contributed by atoms with Crippen molar-refractivity contribution in [1.82, 2.24) is 10.3 Å². The monoisotopic (exact) mass is 435 g/mol. The molecule has 5 nitrogen and oxygen atoms in total. The molecule has 1 fully saturated rings. The Morgan fingerprint density at radius 3 is 2.63 bits per heavy atom. The number of pyridine rings is 1. The van der Waals surface area contributed by atoms with Gasteiger partial charge in [-0.1, -0.05) is 23.7 Å². The van der Waals surface area contributed by atoms with Gasteiger partial charge >= 0.3 is 0 Å². The number of anilines is 1. The van der Waals surface area contributed by atoms with Gasteiger partial charge in [0.15, 0.2) is 6.17 Å². The third-order valence-electron chi connectivity index (χ3n) is 5.65. The molecule has 4 aromatic rings. The van der Waals surface area contributed by atoms with E-state index in [4.69, 9.17) is 21.0 Å². The smallest absolute Gasteiger partial charge is 0.265 e. The highest BCUT2D eigenvalue weighted by atomic mass is 35.5. The van der Waals surface area contributed by atoms with Crippen molar-refractivity contribution in [3.8, 4) is 11.1 Å². The second-order valence-electron chi connectivity index (χ2n) is 7.86. The summed E-state index contributed by atoms with van der Waals surface area (Å²) in [6.07, 6.45) is 1.92. The number of nitrogens with one attached hydrogen (secondary N) is 2. The summed E-state index contributed by atoms with van der Waals surface area (Å²) in [5, 5.41) is 8.16. The maximum Gasteiger partial charge on any atom is 0.265 e. The van der Waals surface area contributed by atoms with E-state index < -0.39 is 6.17 Å². The molecule has 1 aliphatic heterocycles. The standard InChI is InChI=1S/C23H18ClN3O2S/c1-11-2-9-17(29-11)21-26-19-18-15(12-5-7-14(24)8-6-12)10-16(13-3-4-13)25-23(18)30-20(19)22(28)27-21/h2,5-10,13,21,26H,3-4H2,1H3,(H,27,28). The Morgan fingerprint density at radius 1 is 1.13 bits per heavy atom. The lowest BCUT2D eigenvalue weighted by Gasteiger charge is -2.24. The molecule has 1 aromatic carbocycles. The summed E-state index contributed by atoms with van der Waals surface area (Å²) in [7, 11) is 0. The van der Waals surface area contributed by atoms with Gasteiger partial charge in [0, 0.05) is 22.0 Å². The molecule has 1 atom stereocenters. The van der Waals surface area contributed by atoms with E-state index in [9.17, 15) is 4.79 Å². The second-order valence-corrected chi connectivity index (χ2v) is 9.30. The molecule has 0 bridgehead atoms. The van der Waals surface area contributed by atoms with Gasteiger partial charge in [0.25, 0.3) is 5.91 Å². The number of amides is 1. The number of fused-ring (bicyclic) bond motifs is 3. The van der Waals surface area contributed by atoms with Crippen LogP contribution < -0.4 is 10.6 Å². The number of furan rings is 1. The molecule has 4 heterocycles. The van der Waals surface area contributed by atoms with Crippen LogP contribution in [0.25, 0.3) is 21.3 Å². The van der Waals surface area contributed by atoms with Crippen LogP contribution in [0.5, 0.6) is 0 Å². The van der Waals surface area contributed by atoms with E-state index in [1.807, 2.05) is 43.3 Å². The molecule has 3 aromatic heterocycles. The van der Waals surface area contributed by atoms with Crippen molar-refractivity contribution >= 4 is 44.7 Å². The maximum absolute atomic E-state index is 12.9. The normalized spacial score (nSPS) is 18.2. The summed E-state index contributed by atoms with van der Waals surface area (Å²) in [6, 6.07) is 13.8. The highest BCUT2D eigenvalue weighted by Crippen LogP contribution is 2.47. The number of halogens is 1. The van der Waals surface area contributed by atoms with Crippen LogP contribution in [0.4, 0.5) is 5.69 Å². The Labute approximate surface area is 182 Å². The number of aryl methyl sites for hydroxylation is 1. The predicted molar refractivity (Wildman–Crippen MR) is 119 cm³/mol. The number of hydrogen-bond acceptors (Lipinski definition) is 5.